The fourth-order valence-electron chi connectivity index (χ4n) is 2.10. The first-order valence-electron chi connectivity index (χ1n) is 7.36. The van der Waals surface area contributed by atoms with E-state index in [1.807, 2.05) is 12.1 Å². The summed E-state index contributed by atoms with van der Waals surface area (Å²) >= 11 is 0. The molecule has 24 heavy (non-hydrogen) atoms. The van der Waals surface area contributed by atoms with E-state index < -0.39 is 0 Å². The molecule has 0 spiro atoms. The van der Waals surface area contributed by atoms with Crippen LogP contribution in [0.4, 0.5) is 15.8 Å². The number of rotatable bonds is 5. The fourth-order valence-corrected chi connectivity index (χ4v) is 2.10. The number of hydrogen-bond acceptors (Lipinski definition) is 4. The standard InChI is InChI=1S/C18H15FN4O/c19-14-1-3-15(4-2-14)23-18(24)17-11-16(7-10-21-17)22-12-13-5-8-20-9-6-13/h1-11H,12H2,(H,21,22)(H,23,24). The monoisotopic (exact) mass is 322 g/mol. The highest BCUT2D eigenvalue weighted by molar-refractivity contribution is 6.03. The van der Waals surface area contributed by atoms with Crippen molar-refractivity contribution in [2.75, 3.05) is 10.6 Å². The van der Waals surface area contributed by atoms with Crippen LogP contribution in [0.2, 0.25) is 0 Å². The second kappa shape index (κ2) is 7.32. The summed E-state index contributed by atoms with van der Waals surface area (Å²) in [4.78, 5) is 20.3. The van der Waals surface area contributed by atoms with E-state index in [0.29, 0.717) is 12.2 Å². The molecular formula is C18H15FN4O. The Morgan fingerprint density at radius 1 is 0.958 bits per heavy atom. The lowest BCUT2D eigenvalue weighted by molar-refractivity contribution is 0.102. The molecule has 0 radical (unpaired) electrons. The highest BCUT2D eigenvalue weighted by Gasteiger charge is 2.08. The van der Waals surface area contributed by atoms with E-state index in [4.69, 9.17) is 0 Å². The van der Waals surface area contributed by atoms with Crippen LogP contribution in [0.15, 0.2) is 67.1 Å². The zero-order valence-electron chi connectivity index (χ0n) is 12.7. The largest absolute Gasteiger partial charge is 0.381 e. The SMILES string of the molecule is O=C(Nc1ccc(F)cc1)c1cc(NCc2ccncc2)ccn1. The molecule has 5 nitrogen and oxygen atoms in total. The molecule has 1 aromatic carbocycles. The average Bonchev–Trinajstić information content (AvgIpc) is 2.63. The number of benzene rings is 1. The molecular weight excluding hydrogens is 307 g/mol. The van der Waals surface area contributed by atoms with Crippen molar-refractivity contribution >= 4 is 17.3 Å². The first-order valence-corrected chi connectivity index (χ1v) is 7.36. The number of halogens is 1. The Bertz CT molecular complexity index is 822. The van der Waals surface area contributed by atoms with E-state index >= 15 is 0 Å². The normalized spacial score (nSPS) is 10.2. The smallest absolute Gasteiger partial charge is 0.274 e. The third-order valence-corrected chi connectivity index (χ3v) is 3.34. The lowest BCUT2D eigenvalue weighted by Gasteiger charge is -2.08. The number of aromatic nitrogens is 2. The van der Waals surface area contributed by atoms with Crippen molar-refractivity contribution in [2.24, 2.45) is 0 Å². The minimum absolute atomic E-state index is 0.277. The van der Waals surface area contributed by atoms with Crippen molar-refractivity contribution in [3.8, 4) is 0 Å². The van der Waals surface area contributed by atoms with Gasteiger partial charge in [-0.15, -0.1) is 0 Å². The van der Waals surface area contributed by atoms with Crippen LogP contribution in [0.5, 0.6) is 0 Å². The summed E-state index contributed by atoms with van der Waals surface area (Å²) in [5.74, 6) is -0.706. The van der Waals surface area contributed by atoms with Gasteiger partial charge >= 0.3 is 0 Å². The number of pyridine rings is 2. The number of anilines is 2. The third kappa shape index (κ3) is 4.13. The van der Waals surface area contributed by atoms with Gasteiger partial charge in [0.25, 0.3) is 5.91 Å². The molecule has 0 saturated carbocycles. The highest BCUT2D eigenvalue weighted by atomic mass is 19.1. The van der Waals surface area contributed by atoms with Crippen LogP contribution < -0.4 is 10.6 Å². The van der Waals surface area contributed by atoms with Gasteiger partial charge in [-0.1, -0.05) is 0 Å². The van der Waals surface area contributed by atoms with Crippen LogP contribution in [-0.4, -0.2) is 15.9 Å². The number of hydrogen-bond donors (Lipinski definition) is 2. The second-order valence-electron chi connectivity index (χ2n) is 5.10. The van der Waals surface area contributed by atoms with Gasteiger partial charge in [-0.25, -0.2) is 4.39 Å². The molecule has 2 heterocycles. The molecule has 0 atom stereocenters. The number of nitrogens with one attached hydrogen (secondary N) is 2. The Labute approximate surface area is 138 Å². The maximum atomic E-state index is 12.9. The van der Waals surface area contributed by atoms with Crippen LogP contribution in [0.1, 0.15) is 16.1 Å². The molecule has 1 amide bonds. The molecule has 0 unspecified atom stereocenters. The molecule has 3 aromatic rings. The minimum atomic E-state index is -0.353. The Balaban J connectivity index is 1.65. The van der Waals surface area contributed by atoms with Gasteiger partial charge in [0.15, 0.2) is 0 Å². The predicted molar refractivity (Wildman–Crippen MR) is 90.2 cm³/mol. The van der Waals surface area contributed by atoms with Crippen LogP contribution in [-0.2, 0) is 6.54 Å². The summed E-state index contributed by atoms with van der Waals surface area (Å²) in [6.07, 6.45) is 5.02. The summed E-state index contributed by atoms with van der Waals surface area (Å²) in [6.45, 7) is 0.617. The van der Waals surface area contributed by atoms with Crippen molar-refractivity contribution in [1.29, 1.82) is 0 Å². The van der Waals surface area contributed by atoms with Gasteiger partial charge in [0.1, 0.15) is 11.5 Å². The summed E-state index contributed by atoms with van der Waals surface area (Å²) in [5.41, 5.74) is 2.66. The molecule has 0 bridgehead atoms. The number of carbonyl (C=O) groups is 1. The van der Waals surface area contributed by atoms with Crippen LogP contribution in [0.25, 0.3) is 0 Å². The van der Waals surface area contributed by atoms with Crippen molar-refractivity contribution < 1.29 is 9.18 Å². The highest BCUT2D eigenvalue weighted by Crippen LogP contribution is 2.13. The van der Waals surface area contributed by atoms with E-state index in [2.05, 4.69) is 20.6 Å². The Morgan fingerprint density at radius 2 is 1.71 bits per heavy atom. The summed E-state index contributed by atoms with van der Waals surface area (Å²) < 4.78 is 12.9. The number of nitrogens with zero attached hydrogens (tertiary/aromatic N) is 2. The second-order valence-corrected chi connectivity index (χ2v) is 5.10. The van der Waals surface area contributed by atoms with Crippen molar-refractivity contribution in [3.63, 3.8) is 0 Å². The van der Waals surface area contributed by atoms with E-state index in [1.54, 1.807) is 30.7 Å². The van der Waals surface area contributed by atoms with E-state index in [1.165, 1.54) is 24.3 Å². The van der Waals surface area contributed by atoms with Gasteiger partial charge in [0, 0.05) is 36.5 Å². The quantitative estimate of drug-likeness (QED) is 0.755. The molecule has 2 N–H and O–H groups in total. The maximum Gasteiger partial charge on any atom is 0.274 e. The zero-order valence-corrected chi connectivity index (χ0v) is 12.7. The molecule has 2 aromatic heterocycles. The Morgan fingerprint density at radius 3 is 2.46 bits per heavy atom. The third-order valence-electron chi connectivity index (χ3n) is 3.34. The van der Waals surface area contributed by atoms with Crippen LogP contribution >= 0.6 is 0 Å². The summed E-state index contributed by atoms with van der Waals surface area (Å²) in [5, 5.41) is 5.91. The van der Waals surface area contributed by atoms with E-state index in [9.17, 15) is 9.18 Å². The molecule has 0 aliphatic rings. The number of carbonyl (C=O) groups excluding carboxylic acids is 1. The lowest BCUT2D eigenvalue weighted by Crippen LogP contribution is -2.14. The Kier molecular flexibility index (Phi) is 4.76. The molecule has 0 aliphatic carbocycles. The van der Waals surface area contributed by atoms with Gasteiger partial charge in [-0.2, -0.15) is 0 Å². The van der Waals surface area contributed by atoms with Gasteiger partial charge in [0.2, 0.25) is 0 Å². The first kappa shape index (κ1) is 15.6. The van der Waals surface area contributed by atoms with E-state index in [-0.39, 0.29) is 17.4 Å². The first-order chi connectivity index (χ1) is 11.7. The predicted octanol–water partition coefficient (Wildman–Crippen LogP) is 3.48. The van der Waals surface area contributed by atoms with Gasteiger partial charge in [-0.05, 0) is 54.1 Å². The van der Waals surface area contributed by atoms with Crippen molar-refractivity contribution in [1.82, 2.24) is 9.97 Å². The van der Waals surface area contributed by atoms with E-state index in [0.717, 1.165) is 11.3 Å². The van der Waals surface area contributed by atoms with Gasteiger partial charge < -0.3 is 10.6 Å². The summed E-state index contributed by atoms with van der Waals surface area (Å²) in [7, 11) is 0. The average molecular weight is 322 g/mol. The molecule has 6 heteroatoms. The topological polar surface area (TPSA) is 66.9 Å². The maximum absolute atomic E-state index is 12.9. The van der Waals surface area contributed by atoms with Crippen LogP contribution in [0, 0.1) is 5.82 Å². The fraction of sp³-hybridized carbons (Fsp3) is 0.0556. The van der Waals surface area contributed by atoms with Crippen molar-refractivity contribution in [3.05, 3.63) is 84.2 Å². The zero-order chi connectivity index (χ0) is 16.8. The minimum Gasteiger partial charge on any atom is -0.381 e. The van der Waals surface area contributed by atoms with Crippen molar-refractivity contribution in [2.45, 2.75) is 6.54 Å². The van der Waals surface area contributed by atoms with Gasteiger partial charge in [0.05, 0.1) is 0 Å². The Hall–Kier alpha value is -3.28. The summed E-state index contributed by atoms with van der Waals surface area (Å²) in [6, 6.07) is 12.9. The lowest BCUT2D eigenvalue weighted by atomic mass is 10.2. The molecule has 120 valence electrons. The molecule has 0 saturated heterocycles. The van der Waals surface area contributed by atoms with Gasteiger partial charge in [-0.3, -0.25) is 14.8 Å². The number of amides is 1. The molecule has 0 fully saturated rings. The molecule has 3 rings (SSSR count). The molecule has 0 aliphatic heterocycles. The van der Waals surface area contributed by atoms with Crippen LogP contribution in [0.3, 0.4) is 0 Å².